The summed E-state index contributed by atoms with van der Waals surface area (Å²) in [6, 6.07) is 11.3. The summed E-state index contributed by atoms with van der Waals surface area (Å²) in [5.74, 6) is 0.354. The van der Waals surface area contributed by atoms with Crippen molar-refractivity contribution in [2.24, 2.45) is 0 Å². The lowest BCUT2D eigenvalue weighted by Crippen LogP contribution is -2.38. The van der Waals surface area contributed by atoms with E-state index < -0.39 is 4.92 Å². The van der Waals surface area contributed by atoms with Crippen LogP contribution in [0.5, 0.6) is 5.75 Å². The molecule has 0 radical (unpaired) electrons. The minimum absolute atomic E-state index is 0.0287. The second-order valence-electron chi connectivity index (χ2n) is 6.31. The first-order valence-electron chi connectivity index (χ1n) is 8.83. The Morgan fingerprint density at radius 1 is 1.19 bits per heavy atom. The molecule has 0 atom stereocenters. The minimum Gasteiger partial charge on any atom is -0.484 e. The van der Waals surface area contributed by atoms with E-state index in [1.165, 1.54) is 12.1 Å². The topological polar surface area (TPSA) is 89.8 Å². The van der Waals surface area contributed by atoms with Crippen LogP contribution in [0.25, 0.3) is 0 Å². The van der Waals surface area contributed by atoms with Gasteiger partial charge in [0.05, 0.1) is 4.92 Å². The van der Waals surface area contributed by atoms with Gasteiger partial charge in [0.25, 0.3) is 11.6 Å². The van der Waals surface area contributed by atoms with Crippen molar-refractivity contribution < 1.29 is 19.2 Å². The second-order valence-corrected chi connectivity index (χ2v) is 6.31. The van der Waals surface area contributed by atoms with Crippen molar-refractivity contribution in [2.45, 2.75) is 26.2 Å². The molecule has 27 heavy (non-hydrogen) atoms. The van der Waals surface area contributed by atoms with E-state index in [9.17, 15) is 19.7 Å². The van der Waals surface area contributed by atoms with Crippen molar-refractivity contribution in [2.75, 3.05) is 18.1 Å². The normalized spacial score (nSPS) is 13.0. The van der Waals surface area contributed by atoms with Gasteiger partial charge < -0.3 is 9.64 Å². The third-order valence-electron chi connectivity index (χ3n) is 4.55. The largest absolute Gasteiger partial charge is 0.484 e. The number of nitrogens with zero attached hydrogens (tertiary/aromatic N) is 2. The number of carbonyl (C=O) groups excluding carboxylic acids is 2. The molecule has 3 rings (SSSR count). The zero-order chi connectivity index (χ0) is 19.4. The summed E-state index contributed by atoms with van der Waals surface area (Å²) in [5, 5.41) is 10.9. The third kappa shape index (κ3) is 4.13. The average molecular weight is 368 g/mol. The van der Waals surface area contributed by atoms with Gasteiger partial charge in [-0.05, 0) is 48.7 Å². The molecule has 1 amide bonds. The molecule has 0 fully saturated rings. The molecule has 140 valence electrons. The van der Waals surface area contributed by atoms with Gasteiger partial charge in [-0.2, -0.15) is 0 Å². The van der Waals surface area contributed by atoms with Crippen molar-refractivity contribution in [3.8, 4) is 5.75 Å². The summed E-state index contributed by atoms with van der Waals surface area (Å²) in [4.78, 5) is 36.3. The first-order chi connectivity index (χ1) is 13.0. The molecule has 0 N–H and O–H groups in total. The van der Waals surface area contributed by atoms with Crippen LogP contribution < -0.4 is 9.64 Å². The highest BCUT2D eigenvalue weighted by atomic mass is 16.6. The molecule has 1 heterocycles. The van der Waals surface area contributed by atoms with Crippen molar-refractivity contribution in [3.63, 3.8) is 0 Å². The van der Waals surface area contributed by atoms with Crippen LogP contribution in [0.4, 0.5) is 11.4 Å². The summed E-state index contributed by atoms with van der Waals surface area (Å²) in [6.45, 7) is 2.21. The van der Waals surface area contributed by atoms with Crippen molar-refractivity contribution in [1.82, 2.24) is 0 Å². The van der Waals surface area contributed by atoms with Gasteiger partial charge in [-0.15, -0.1) is 0 Å². The van der Waals surface area contributed by atoms with E-state index in [1.54, 1.807) is 42.2 Å². The first-order valence-corrected chi connectivity index (χ1v) is 8.83. The minimum atomic E-state index is -0.433. The highest BCUT2D eigenvalue weighted by molar-refractivity contribution is 5.96. The molecule has 2 aromatic rings. The summed E-state index contributed by atoms with van der Waals surface area (Å²) < 4.78 is 5.56. The number of aryl methyl sites for hydroxylation is 1. The van der Waals surface area contributed by atoms with E-state index in [0.29, 0.717) is 36.4 Å². The summed E-state index contributed by atoms with van der Waals surface area (Å²) in [5.41, 5.74) is 2.14. The predicted molar refractivity (Wildman–Crippen MR) is 100 cm³/mol. The van der Waals surface area contributed by atoms with Crippen LogP contribution in [0, 0.1) is 10.1 Å². The fraction of sp³-hybridized carbons (Fsp3) is 0.300. The molecule has 0 spiro atoms. The Morgan fingerprint density at radius 2 is 1.93 bits per heavy atom. The monoisotopic (exact) mass is 368 g/mol. The van der Waals surface area contributed by atoms with Gasteiger partial charge in [-0.3, -0.25) is 19.7 Å². The zero-order valence-electron chi connectivity index (χ0n) is 15.0. The number of hydrogen-bond donors (Lipinski definition) is 0. The van der Waals surface area contributed by atoms with Crippen LogP contribution in [-0.4, -0.2) is 29.8 Å². The maximum Gasteiger partial charge on any atom is 0.269 e. The van der Waals surface area contributed by atoms with Gasteiger partial charge in [0.1, 0.15) is 5.75 Å². The van der Waals surface area contributed by atoms with Gasteiger partial charge >= 0.3 is 0 Å². The van der Waals surface area contributed by atoms with Crippen LogP contribution in [0.1, 0.15) is 35.7 Å². The maximum atomic E-state index is 12.6. The number of benzene rings is 2. The molecule has 7 heteroatoms. The van der Waals surface area contributed by atoms with Crippen LogP contribution in [0.3, 0.4) is 0 Å². The number of ketones is 1. The third-order valence-corrected chi connectivity index (χ3v) is 4.55. The molecule has 0 aromatic heterocycles. The lowest BCUT2D eigenvalue weighted by Gasteiger charge is -2.29. The van der Waals surface area contributed by atoms with Crippen LogP contribution in [0.15, 0.2) is 42.5 Å². The highest BCUT2D eigenvalue weighted by Gasteiger charge is 2.24. The Bertz CT molecular complexity index is 876. The number of hydrogen-bond acceptors (Lipinski definition) is 5. The molecule has 1 aliphatic rings. The fourth-order valence-corrected chi connectivity index (χ4v) is 3.12. The molecule has 0 saturated carbocycles. The van der Waals surface area contributed by atoms with Gasteiger partial charge in [-0.25, -0.2) is 0 Å². The standard InChI is InChI=1S/C20H20N2O5/c1-2-19(23)14-5-8-17(9-6-14)27-13-20(24)21-11-3-4-15-12-16(22(25)26)7-10-18(15)21/h5-10,12H,2-4,11,13H2,1H3. The van der Waals surface area contributed by atoms with Gasteiger partial charge in [0, 0.05) is 36.3 Å². The number of nitro benzene ring substituents is 1. The van der Waals surface area contributed by atoms with Gasteiger partial charge in [0.2, 0.25) is 0 Å². The molecule has 0 aliphatic carbocycles. The summed E-state index contributed by atoms with van der Waals surface area (Å²) in [6.07, 6.45) is 1.88. The molecule has 7 nitrogen and oxygen atoms in total. The number of rotatable bonds is 6. The molecule has 0 saturated heterocycles. The Kier molecular flexibility index (Phi) is 5.49. The Morgan fingerprint density at radius 3 is 2.59 bits per heavy atom. The molecule has 2 aromatic carbocycles. The zero-order valence-corrected chi connectivity index (χ0v) is 15.0. The number of amides is 1. The Balaban J connectivity index is 1.67. The van der Waals surface area contributed by atoms with E-state index in [0.717, 1.165) is 12.0 Å². The molecule has 0 bridgehead atoms. The number of fused-ring (bicyclic) bond motifs is 1. The molecular formula is C20H20N2O5. The Hall–Kier alpha value is -3.22. The fourth-order valence-electron chi connectivity index (χ4n) is 3.12. The maximum absolute atomic E-state index is 12.6. The summed E-state index contributed by atoms with van der Waals surface area (Å²) >= 11 is 0. The molecule has 1 aliphatic heterocycles. The van der Waals surface area contributed by atoms with Crippen LogP contribution >= 0.6 is 0 Å². The van der Waals surface area contributed by atoms with E-state index in [-0.39, 0.29) is 24.0 Å². The highest BCUT2D eigenvalue weighted by Crippen LogP contribution is 2.30. The number of nitro groups is 1. The number of Topliss-reactive ketones (excluding diaryl/α,β-unsaturated/α-hetero) is 1. The average Bonchev–Trinajstić information content (AvgIpc) is 2.70. The number of carbonyl (C=O) groups is 2. The second kappa shape index (κ2) is 7.99. The van der Waals surface area contributed by atoms with Gasteiger partial charge in [0.15, 0.2) is 12.4 Å². The van der Waals surface area contributed by atoms with Crippen LogP contribution in [-0.2, 0) is 11.2 Å². The van der Waals surface area contributed by atoms with Crippen molar-refractivity contribution in [3.05, 3.63) is 63.7 Å². The quantitative estimate of drug-likeness (QED) is 0.442. The lowest BCUT2D eigenvalue weighted by molar-refractivity contribution is -0.384. The van der Waals surface area contributed by atoms with E-state index in [1.807, 2.05) is 0 Å². The molecule has 0 unspecified atom stereocenters. The van der Waals surface area contributed by atoms with E-state index in [2.05, 4.69) is 0 Å². The van der Waals surface area contributed by atoms with Crippen LogP contribution in [0.2, 0.25) is 0 Å². The van der Waals surface area contributed by atoms with E-state index >= 15 is 0 Å². The smallest absolute Gasteiger partial charge is 0.269 e. The number of non-ortho nitro benzene ring substituents is 1. The first kappa shape index (κ1) is 18.6. The van der Waals surface area contributed by atoms with Crippen molar-refractivity contribution >= 4 is 23.1 Å². The predicted octanol–water partition coefficient (Wildman–Crippen LogP) is 3.55. The van der Waals surface area contributed by atoms with Crippen molar-refractivity contribution in [1.29, 1.82) is 0 Å². The SMILES string of the molecule is CCC(=O)c1ccc(OCC(=O)N2CCCc3cc([N+](=O)[O-])ccc32)cc1. The van der Waals surface area contributed by atoms with Gasteiger partial charge in [-0.1, -0.05) is 6.92 Å². The Labute approximate surface area is 156 Å². The summed E-state index contributed by atoms with van der Waals surface area (Å²) in [7, 11) is 0. The van der Waals surface area contributed by atoms with E-state index in [4.69, 9.17) is 4.74 Å². The molecular weight excluding hydrogens is 348 g/mol. The number of anilines is 1. The lowest BCUT2D eigenvalue weighted by atomic mass is 10.0. The number of ether oxygens (including phenoxy) is 1.